The van der Waals surface area contributed by atoms with Crippen LogP contribution in [0.25, 0.3) is 5.69 Å². The summed E-state index contributed by atoms with van der Waals surface area (Å²) in [5.74, 6) is -0.00757. The summed E-state index contributed by atoms with van der Waals surface area (Å²) < 4.78 is 3.97. The number of anilines is 1. The summed E-state index contributed by atoms with van der Waals surface area (Å²) >= 11 is 0. The predicted molar refractivity (Wildman–Crippen MR) is 103 cm³/mol. The van der Waals surface area contributed by atoms with E-state index in [-0.39, 0.29) is 11.8 Å². The molecule has 4 rings (SSSR count). The first-order valence-electron chi connectivity index (χ1n) is 9.40. The van der Waals surface area contributed by atoms with Gasteiger partial charge in [0.2, 0.25) is 5.91 Å². The molecule has 1 atom stereocenters. The molecule has 0 bridgehead atoms. The lowest BCUT2D eigenvalue weighted by Gasteiger charge is -2.21. The van der Waals surface area contributed by atoms with Gasteiger partial charge < -0.3 is 9.88 Å². The Morgan fingerprint density at radius 2 is 2.04 bits per heavy atom. The number of carbonyl (C=O) groups excluding carboxylic acids is 1. The molecule has 0 fully saturated rings. The number of imidazole rings is 1. The second-order valence-corrected chi connectivity index (χ2v) is 7.06. The van der Waals surface area contributed by atoms with E-state index in [1.807, 2.05) is 53.7 Å². The highest BCUT2D eigenvalue weighted by Gasteiger charge is 2.28. The minimum Gasteiger partial charge on any atom is -0.326 e. The van der Waals surface area contributed by atoms with Crippen molar-refractivity contribution in [1.29, 1.82) is 0 Å². The Morgan fingerprint density at radius 3 is 2.70 bits per heavy atom. The summed E-state index contributed by atoms with van der Waals surface area (Å²) in [6.07, 6.45) is 4.17. The molecule has 1 N–H and O–H groups in total. The second-order valence-electron chi connectivity index (χ2n) is 7.06. The third-order valence-electron chi connectivity index (χ3n) is 5.42. The second kappa shape index (κ2) is 6.98. The third kappa shape index (κ3) is 3.25. The van der Waals surface area contributed by atoms with Crippen LogP contribution < -0.4 is 5.32 Å². The predicted octanol–water partition coefficient (Wildman–Crippen LogP) is 2.84. The molecule has 1 amide bonds. The van der Waals surface area contributed by atoms with Crippen molar-refractivity contribution in [3.8, 4) is 5.69 Å². The van der Waals surface area contributed by atoms with Crippen LogP contribution in [0, 0.1) is 19.8 Å². The van der Waals surface area contributed by atoms with Gasteiger partial charge in [-0.25, -0.2) is 9.67 Å². The molecule has 3 aromatic rings. The first-order chi connectivity index (χ1) is 13.1. The zero-order chi connectivity index (χ0) is 19.0. The minimum absolute atomic E-state index is 0.0501. The maximum absolute atomic E-state index is 12.7. The standard InChI is InChI=1S/C20H24N6O/c1-4-26-19-10-5-15(11-18(19)23-24-26)20(27)22-16-6-8-17(9-7-16)25-12-21-13(2)14(25)3/h6-9,12,15H,4-5,10-11H2,1-3H3,(H,22,27). The van der Waals surface area contributed by atoms with Crippen LogP contribution in [-0.4, -0.2) is 30.5 Å². The Kier molecular flexibility index (Phi) is 4.51. The van der Waals surface area contributed by atoms with E-state index < -0.39 is 0 Å². The van der Waals surface area contributed by atoms with Crippen LogP contribution in [0.2, 0.25) is 0 Å². The van der Waals surface area contributed by atoms with Crippen molar-refractivity contribution < 1.29 is 4.79 Å². The van der Waals surface area contributed by atoms with Gasteiger partial charge >= 0.3 is 0 Å². The molecule has 1 aliphatic rings. The highest BCUT2D eigenvalue weighted by molar-refractivity contribution is 5.92. The van der Waals surface area contributed by atoms with Gasteiger partial charge in [-0.3, -0.25) is 4.79 Å². The van der Waals surface area contributed by atoms with E-state index in [2.05, 4.69) is 27.5 Å². The number of hydrogen-bond donors (Lipinski definition) is 1. The molecule has 2 aromatic heterocycles. The molecular formula is C20H24N6O. The SMILES string of the molecule is CCn1nnc2c1CCC(C(=O)Nc1ccc(-n3cnc(C)c3C)cc1)C2. The van der Waals surface area contributed by atoms with Crippen molar-refractivity contribution >= 4 is 11.6 Å². The average molecular weight is 364 g/mol. The van der Waals surface area contributed by atoms with Crippen LogP contribution >= 0.6 is 0 Å². The minimum atomic E-state index is -0.0577. The highest BCUT2D eigenvalue weighted by atomic mass is 16.1. The summed E-state index contributed by atoms with van der Waals surface area (Å²) in [4.78, 5) is 17.0. The number of rotatable bonds is 4. The van der Waals surface area contributed by atoms with Crippen molar-refractivity contribution in [2.75, 3.05) is 5.32 Å². The third-order valence-corrected chi connectivity index (χ3v) is 5.42. The number of carbonyl (C=O) groups is 1. The quantitative estimate of drug-likeness (QED) is 0.772. The monoisotopic (exact) mass is 364 g/mol. The summed E-state index contributed by atoms with van der Waals surface area (Å²) in [6.45, 7) is 6.92. The molecular weight excluding hydrogens is 340 g/mol. The molecule has 27 heavy (non-hydrogen) atoms. The molecule has 0 spiro atoms. The molecule has 1 aromatic carbocycles. The van der Waals surface area contributed by atoms with Crippen LogP contribution in [0.4, 0.5) is 5.69 Å². The van der Waals surface area contributed by atoms with E-state index in [1.54, 1.807) is 0 Å². The van der Waals surface area contributed by atoms with Gasteiger partial charge in [-0.15, -0.1) is 5.10 Å². The van der Waals surface area contributed by atoms with E-state index in [1.165, 1.54) is 5.69 Å². The van der Waals surface area contributed by atoms with Gasteiger partial charge in [-0.1, -0.05) is 5.21 Å². The van der Waals surface area contributed by atoms with Gasteiger partial charge in [-0.2, -0.15) is 0 Å². The maximum Gasteiger partial charge on any atom is 0.227 e. The van der Waals surface area contributed by atoms with Gasteiger partial charge in [0, 0.05) is 36.0 Å². The molecule has 0 saturated carbocycles. The molecule has 140 valence electrons. The lowest BCUT2D eigenvalue weighted by atomic mass is 9.89. The van der Waals surface area contributed by atoms with Gasteiger partial charge in [0.05, 0.1) is 23.4 Å². The fraction of sp³-hybridized carbons (Fsp3) is 0.400. The normalized spacial score (nSPS) is 16.2. The maximum atomic E-state index is 12.7. The van der Waals surface area contributed by atoms with Crippen LogP contribution in [0.3, 0.4) is 0 Å². The smallest absolute Gasteiger partial charge is 0.227 e. The van der Waals surface area contributed by atoms with E-state index >= 15 is 0 Å². The van der Waals surface area contributed by atoms with Crippen LogP contribution in [0.1, 0.15) is 36.1 Å². The lowest BCUT2D eigenvalue weighted by molar-refractivity contribution is -0.120. The highest BCUT2D eigenvalue weighted by Crippen LogP contribution is 2.25. The van der Waals surface area contributed by atoms with E-state index in [0.29, 0.717) is 6.42 Å². The van der Waals surface area contributed by atoms with E-state index in [9.17, 15) is 4.79 Å². The number of hydrogen-bond acceptors (Lipinski definition) is 4. The summed E-state index contributed by atoms with van der Waals surface area (Å²) in [5, 5.41) is 11.5. The fourth-order valence-corrected chi connectivity index (χ4v) is 3.63. The Morgan fingerprint density at radius 1 is 1.26 bits per heavy atom. The largest absolute Gasteiger partial charge is 0.326 e. The Hall–Kier alpha value is -2.96. The Balaban J connectivity index is 1.43. The summed E-state index contributed by atoms with van der Waals surface area (Å²) in [6, 6.07) is 7.86. The van der Waals surface area contributed by atoms with Gasteiger partial charge in [0.15, 0.2) is 0 Å². The van der Waals surface area contributed by atoms with Gasteiger partial charge in [0.1, 0.15) is 0 Å². The number of aryl methyl sites for hydroxylation is 2. The Labute approximate surface area is 158 Å². The molecule has 1 unspecified atom stereocenters. The molecule has 0 aliphatic heterocycles. The van der Waals surface area contributed by atoms with E-state index in [4.69, 9.17) is 0 Å². The van der Waals surface area contributed by atoms with Crippen LogP contribution in [0.5, 0.6) is 0 Å². The molecule has 1 aliphatic carbocycles. The molecule has 0 radical (unpaired) electrons. The van der Waals surface area contributed by atoms with Crippen LogP contribution in [-0.2, 0) is 24.2 Å². The zero-order valence-corrected chi connectivity index (χ0v) is 15.9. The number of aromatic nitrogens is 5. The molecule has 2 heterocycles. The number of fused-ring (bicyclic) bond motifs is 1. The molecule has 0 saturated heterocycles. The summed E-state index contributed by atoms with van der Waals surface area (Å²) in [5.41, 5.74) is 6.11. The Bertz CT molecular complexity index is 969. The van der Waals surface area contributed by atoms with Crippen molar-refractivity contribution in [1.82, 2.24) is 24.5 Å². The number of amides is 1. The van der Waals surface area contributed by atoms with Gasteiger partial charge in [-0.05, 0) is 57.9 Å². The first-order valence-corrected chi connectivity index (χ1v) is 9.40. The van der Waals surface area contributed by atoms with Crippen molar-refractivity contribution in [2.24, 2.45) is 5.92 Å². The van der Waals surface area contributed by atoms with Gasteiger partial charge in [0.25, 0.3) is 0 Å². The molecule has 7 nitrogen and oxygen atoms in total. The van der Waals surface area contributed by atoms with Crippen molar-refractivity contribution in [3.63, 3.8) is 0 Å². The fourth-order valence-electron chi connectivity index (χ4n) is 3.63. The topological polar surface area (TPSA) is 77.6 Å². The van der Waals surface area contributed by atoms with Crippen molar-refractivity contribution in [3.05, 3.63) is 53.4 Å². The number of nitrogens with zero attached hydrogens (tertiary/aromatic N) is 5. The van der Waals surface area contributed by atoms with E-state index in [0.717, 1.165) is 47.8 Å². The van der Waals surface area contributed by atoms with Crippen LogP contribution in [0.15, 0.2) is 30.6 Å². The number of benzene rings is 1. The average Bonchev–Trinajstić information content (AvgIpc) is 3.25. The number of nitrogens with one attached hydrogen (secondary N) is 1. The molecule has 7 heteroatoms. The zero-order valence-electron chi connectivity index (χ0n) is 15.9. The summed E-state index contributed by atoms with van der Waals surface area (Å²) in [7, 11) is 0. The lowest BCUT2D eigenvalue weighted by Crippen LogP contribution is -2.28. The first kappa shape index (κ1) is 17.5. The van der Waals surface area contributed by atoms with Crippen molar-refractivity contribution in [2.45, 2.75) is 46.6 Å².